The maximum absolute atomic E-state index is 12.8. The second-order valence-electron chi connectivity index (χ2n) is 8.83. The van der Waals surface area contributed by atoms with Crippen molar-refractivity contribution in [3.8, 4) is 16.9 Å². The van der Waals surface area contributed by atoms with E-state index in [0.29, 0.717) is 26.9 Å². The number of aryl methyl sites for hydroxylation is 2. The summed E-state index contributed by atoms with van der Waals surface area (Å²) in [6, 6.07) is 13.1. The summed E-state index contributed by atoms with van der Waals surface area (Å²) in [5.74, 6) is -0.225. The fourth-order valence-corrected chi connectivity index (χ4v) is 4.85. The summed E-state index contributed by atoms with van der Waals surface area (Å²) >= 11 is 7.47. The predicted octanol–water partition coefficient (Wildman–Crippen LogP) is 6.79. The normalized spacial score (nSPS) is 11.2. The number of carbonyl (C=O) groups is 2. The first-order valence-corrected chi connectivity index (χ1v) is 11.7. The van der Waals surface area contributed by atoms with Gasteiger partial charge in [-0.25, -0.2) is 4.79 Å². The van der Waals surface area contributed by atoms with Crippen LogP contribution in [-0.2, 0) is 14.9 Å². The van der Waals surface area contributed by atoms with Gasteiger partial charge in [-0.15, -0.1) is 11.3 Å². The first-order valence-electron chi connectivity index (χ1n) is 10.5. The number of carbonyl (C=O) groups excluding carboxylic acids is 2. The Bertz CT molecular complexity index is 1190. The second kappa shape index (κ2) is 9.98. The summed E-state index contributed by atoms with van der Waals surface area (Å²) in [5.41, 5.74) is 3.80. The van der Waals surface area contributed by atoms with E-state index in [-0.39, 0.29) is 17.9 Å². The third kappa shape index (κ3) is 5.75. The lowest BCUT2D eigenvalue weighted by Gasteiger charge is -2.23. The van der Waals surface area contributed by atoms with E-state index in [9.17, 15) is 9.59 Å². The van der Waals surface area contributed by atoms with Crippen molar-refractivity contribution in [2.75, 3.05) is 19.0 Å². The van der Waals surface area contributed by atoms with E-state index in [2.05, 4.69) is 32.2 Å². The van der Waals surface area contributed by atoms with Crippen molar-refractivity contribution in [3.63, 3.8) is 0 Å². The van der Waals surface area contributed by atoms with Crippen LogP contribution in [0, 0.1) is 13.8 Å². The van der Waals surface area contributed by atoms with Gasteiger partial charge in [0.25, 0.3) is 5.91 Å². The lowest BCUT2D eigenvalue weighted by Crippen LogP contribution is -2.22. The van der Waals surface area contributed by atoms with Gasteiger partial charge in [0.2, 0.25) is 0 Å². The molecule has 0 atom stereocenters. The van der Waals surface area contributed by atoms with E-state index in [0.717, 1.165) is 21.6 Å². The van der Waals surface area contributed by atoms with Crippen molar-refractivity contribution in [1.82, 2.24) is 0 Å². The van der Waals surface area contributed by atoms with Crippen molar-refractivity contribution in [1.29, 1.82) is 0 Å². The van der Waals surface area contributed by atoms with Crippen molar-refractivity contribution >= 4 is 39.8 Å². The van der Waals surface area contributed by atoms with Crippen LogP contribution in [0.1, 0.15) is 47.1 Å². The van der Waals surface area contributed by atoms with Gasteiger partial charge in [0.05, 0.1) is 7.11 Å². The maximum Gasteiger partial charge on any atom is 0.341 e. The van der Waals surface area contributed by atoms with Crippen LogP contribution >= 0.6 is 22.9 Å². The number of benzene rings is 2. The maximum atomic E-state index is 12.8. The molecule has 5 nitrogen and oxygen atoms in total. The minimum Gasteiger partial charge on any atom is -0.483 e. The molecule has 0 aliphatic heterocycles. The van der Waals surface area contributed by atoms with Crippen LogP contribution in [0.25, 0.3) is 11.1 Å². The number of halogens is 1. The van der Waals surface area contributed by atoms with Gasteiger partial charge < -0.3 is 14.8 Å². The zero-order valence-electron chi connectivity index (χ0n) is 19.7. The summed E-state index contributed by atoms with van der Waals surface area (Å²) in [6.45, 7) is 10.0. The number of methoxy groups -OCH3 is 1. The summed E-state index contributed by atoms with van der Waals surface area (Å²) in [6.07, 6.45) is 0. The zero-order valence-corrected chi connectivity index (χ0v) is 21.2. The first kappa shape index (κ1) is 24.8. The molecule has 0 bridgehead atoms. The number of anilines is 1. The molecule has 1 aromatic heterocycles. The molecule has 3 aromatic rings. The minimum atomic E-state index is -0.529. The van der Waals surface area contributed by atoms with Crippen LogP contribution in [0.3, 0.4) is 0 Å². The summed E-state index contributed by atoms with van der Waals surface area (Å²) in [7, 11) is 1.32. The quantitative estimate of drug-likeness (QED) is 0.390. The number of hydrogen-bond donors (Lipinski definition) is 1. The van der Waals surface area contributed by atoms with Crippen LogP contribution in [0.5, 0.6) is 5.75 Å². The van der Waals surface area contributed by atoms with Gasteiger partial charge in [-0.05, 0) is 48.6 Å². The molecule has 0 spiro atoms. The van der Waals surface area contributed by atoms with E-state index in [1.807, 2.05) is 38.1 Å². The fraction of sp³-hybridized carbons (Fsp3) is 0.308. The second-order valence-corrected chi connectivity index (χ2v) is 10.5. The smallest absolute Gasteiger partial charge is 0.341 e. The summed E-state index contributed by atoms with van der Waals surface area (Å²) in [5, 5.41) is 3.81. The number of ether oxygens (including phenoxy) is 2. The highest BCUT2D eigenvalue weighted by Crippen LogP contribution is 2.41. The Kier molecular flexibility index (Phi) is 7.50. The van der Waals surface area contributed by atoms with Gasteiger partial charge in [-0.1, -0.05) is 62.2 Å². The molecule has 2 aromatic carbocycles. The first-order chi connectivity index (χ1) is 15.5. The average Bonchev–Trinajstić information content (AvgIpc) is 3.07. The average molecular weight is 486 g/mol. The van der Waals surface area contributed by atoms with Crippen molar-refractivity contribution in [2.24, 2.45) is 0 Å². The number of hydrogen-bond acceptors (Lipinski definition) is 5. The molecular formula is C26H28ClNO4S. The summed E-state index contributed by atoms with van der Waals surface area (Å²) in [4.78, 5) is 26.3. The molecule has 0 aliphatic rings. The Morgan fingerprint density at radius 3 is 2.45 bits per heavy atom. The number of thiophene rings is 1. The van der Waals surface area contributed by atoms with Crippen LogP contribution in [-0.4, -0.2) is 25.6 Å². The molecule has 0 fully saturated rings. The standard InChI is InChI=1S/C26H28ClNO4S/c1-15-10-11-20(19(12-15)26(3,4)5)32-14-21(29)28-24-23(25(30)31-6)22(16(2)33-24)17-8-7-9-18(27)13-17/h7-13H,14H2,1-6H3,(H,28,29). The number of esters is 1. The van der Waals surface area contributed by atoms with E-state index < -0.39 is 5.97 Å². The largest absolute Gasteiger partial charge is 0.483 e. The van der Waals surface area contributed by atoms with E-state index >= 15 is 0 Å². The van der Waals surface area contributed by atoms with Gasteiger partial charge in [-0.2, -0.15) is 0 Å². The molecule has 3 rings (SSSR count). The molecule has 174 valence electrons. The van der Waals surface area contributed by atoms with Crippen LogP contribution in [0.4, 0.5) is 5.00 Å². The number of nitrogens with one attached hydrogen (secondary N) is 1. The Hall–Kier alpha value is -2.83. The molecule has 33 heavy (non-hydrogen) atoms. The van der Waals surface area contributed by atoms with Gasteiger partial charge in [0, 0.05) is 15.5 Å². The summed E-state index contributed by atoms with van der Waals surface area (Å²) < 4.78 is 10.9. The third-order valence-electron chi connectivity index (χ3n) is 5.14. The zero-order chi connectivity index (χ0) is 24.3. The third-order valence-corrected chi connectivity index (χ3v) is 6.40. The molecule has 0 saturated carbocycles. The molecule has 0 saturated heterocycles. The highest BCUT2D eigenvalue weighted by atomic mass is 35.5. The van der Waals surface area contributed by atoms with E-state index in [1.165, 1.54) is 18.4 Å². The van der Waals surface area contributed by atoms with Crippen LogP contribution < -0.4 is 10.1 Å². The predicted molar refractivity (Wildman–Crippen MR) is 135 cm³/mol. The number of rotatable bonds is 6. The lowest BCUT2D eigenvalue weighted by molar-refractivity contribution is -0.118. The van der Waals surface area contributed by atoms with Crippen LogP contribution in [0.2, 0.25) is 5.02 Å². The van der Waals surface area contributed by atoms with Crippen molar-refractivity contribution in [3.05, 3.63) is 69.1 Å². The molecule has 0 radical (unpaired) electrons. The van der Waals surface area contributed by atoms with Gasteiger partial charge >= 0.3 is 5.97 Å². The molecule has 1 amide bonds. The van der Waals surface area contributed by atoms with Gasteiger partial charge in [-0.3, -0.25) is 4.79 Å². The molecule has 7 heteroatoms. The highest BCUT2D eigenvalue weighted by molar-refractivity contribution is 7.17. The molecule has 1 N–H and O–H groups in total. The van der Waals surface area contributed by atoms with Crippen molar-refractivity contribution in [2.45, 2.75) is 40.0 Å². The minimum absolute atomic E-state index is 0.132. The molecule has 0 aliphatic carbocycles. The Morgan fingerprint density at radius 1 is 1.09 bits per heavy atom. The molecule has 1 heterocycles. The monoisotopic (exact) mass is 485 g/mol. The highest BCUT2D eigenvalue weighted by Gasteiger charge is 2.26. The fourth-order valence-electron chi connectivity index (χ4n) is 3.58. The topological polar surface area (TPSA) is 64.6 Å². The Balaban J connectivity index is 1.86. The van der Waals surface area contributed by atoms with E-state index in [4.69, 9.17) is 21.1 Å². The SMILES string of the molecule is COC(=O)c1c(NC(=O)COc2ccc(C)cc2C(C)(C)C)sc(C)c1-c1cccc(Cl)c1. The van der Waals surface area contributed by atoms with Crippen molar-refractivity contribution < 1.29 is 19.1 Å². The number of amides is 1. The lowest BCUT2D eigenvalue weighted by atomic mass is 9.85. The Labute approximate surface area is 203 Å². The van der Waals surface area contributed by atoms with Gasteiger partial charge in [0.15, 0.2) is 6.61 Å². The van der Waals surface area contributed by atoms with E-state index in [1.54, 1.807) is 12.1 Å². The van der Waals surface area contributed by atoms with Crippen LogP contribution in [0.15, 0.2) is 42.5 Å². The molecular weight excluding hydrogens is 458 g/mol. The molecule has 0 unspecified atom stereocenters. The van der Waals surface area contributed by atoms with Gasteiger partial charge in [0.1, 0.15) is 16.3 Å². The Morgan fingerprint density at radius 2 is 1.82 bits per heavy atom.